The number of rotatable bonds is 4. The highest BCUT2D eigenvalue weighted by Gasteiger charge is 2.18. The number of imidazole rings is 1. The van der Waals surface area contributed by atoms with Gasteiger partial charge in [-0.2, -0.15) is 12.7 Å². The van der Waals surface area contributed by atoms with Crippen molar-refractivity contribution in [3.05, 3.63) is 18.2 Å². The topological polar surface area (TPSA) is 55.2 Å². The third kappa shape index (κ3) is 1.96. The molecule has 6 heteroatoms. The average molecular weight is 217 g/mol. The Bertz CT molecular complexity index is 394. The smallest absolute Gasteiger partial charge is 0.241 e. The van der Waals surface area contributed by atoms with E-state index in [1.807, 2.05) is 6.92 Å². The molecule has 0 atom stereocenters. The highest BCUT2D eigenvalue weighted by atomic mass is 32.2. The molecule has 1 heterocycles. The van der Waals surface area contributed by atoms with Crippen LogP contribution >= 0.6 is 0 Å². The summed E-state index contributed by atoms with van der Waals surface area (Å²) in [7, 11) is -0.389. The fourth-order valence-electron chi connectivity index (χ4n) is 1.11. The van der Waals surface area contributed by atoms with E-state index in [1.165, 1.54) is 34.8 Å². The van der Waals surface area contributed by atoms with Crippen LogP contribution in [0, 0.1) is 0 Å². The second-order valence-electron chi connectivity index (χ2n) is 3.18. The van der Waals surface area contributed by atoms with Gasteiger partial charge in [-0.15, -0.1) is 0 Å². The molecule has 0 N–H and O–H groups in total. The standard InChI is InChI=1S/C8H15N3O2S/c1-4-5-8-9-6-7-11(8)14(12,13)10(2)3/h6-7H,4-5H2,1-3H3. The van der Waals surface area contributed by atoms with Crippen LogP contribution in [0.15, 0.2) is 12.4 Å². The predicted octanol–water partition coefficient (Wildman–Crippen LogP) is 0.490. The maximum atomic E-state index is 11.7. The van der Waals surface area contributed by atoms with Gasteiger partial charge >= 0.3 is 10.2 Å². The lowest BCUT2D eigenvalue weighted by Crippen LogP contribution is -2.29. The summed E-state index contributed by atoms with van der Waals surface area (Å²) < 4.78 is 25.9. The fourth-order valence-corrected chi connectivity index (χ4v) is 2.07. The van der Waals surface area contributed by atoms with Crippen LogP contribution in [0.1, 0.15) is 19.2 Å². The first kappa shape index (κ1) is 11.2. The van der Waals surface area contributed by atoms with E-state index in [0.29, 0.717) is 12.2 Å². The Morgan fingerprint density at radius 2 is 2.14 bits per heavy atom. The summed E-state index contributed by atoms with van der Waals surface area (Å²) in [6.07, 6.45) is 4.52. The quantitative estimate of drug-likeness (QED) is 0.737. The van der Waals surface area contributed by atoms with Crippen molar-refractivity contribution in [2.45, 2.75) is 19.8 Å². The molecule has 0 radical (unpaired) electrons. The summed E-state index contributed by atoms with van der Waals surface area (Å²) in [6, 6.07) is 0. The van der Waals surface area contributed by atoms with Gasteiger partial charge in [0.2, 0.25) is 0 Å². The number of nitrogens with zero attached hydrogens (tertiary/aromatic N) is 3. The zero-order valence-corrected chi connectivity index (χ0v) is 9.45. The molecule has 0 fully saturated rings. The van der Waals surface area contributed by atoms with Gasteiger partial charge < -0.3 is 0 Å². The van der Waals surface area contributed by atoms with E-state index in [4.69, 9.17) is 0 Å². The summed E-state index contributed by atoms with van der Waals surface area (Å²) in [4.78, 5) is 4.01. The lowest BCUT2D eigenvalue weighted by atomic mass is 10.3. The lowest BCUT2D eigenvalue weighted by Gasteiger charge is -2.13. The number of aromatic nitrogens is 2. The van der Waals surface area contributed by atoms with Crippen molar-refractivity contribution in [1.29, 1.82) is 0 Å². The summed E-state index contributed by atoms with van der Waals surface area (Å²) in [5.41, 5.74) is 0. The molecule has 0 amide bonds. The summed E-state index contributed by atoms with van der Waals surface area (Å²) >= 11 is 0. The van der Waals surface area contributed by atoms with Crippen molar-refractivity contribution in [2.75, 3.05) is 14.1 Å². The molecule has 0 aliphatic rings. The maximum absolute atomic E-state index is 11.7. The third-order valence-corrected chi connectivity index (χ3v) is 3.62. The summed E-state index contributed by atoms with van der Waals surface area (Å²) in [6.45, 7) is 1.99. The van der Waals surface area contributed by atoms with Crippen molar-refractivity contribution < 1.29 is 8.42 Å². The monoisotopic (exact) mass is 217 g/mol. The van der Waals surface area contributed by atoms with Crippen molar-refractivity contribution in [3.8, 4) is 0 Å². The van der Waals surface area contributed by atoms with E-state index in [-0.39, 0.29) is 0 Å². The van der Waals surface area contributed by atoms with Crippen LogP contribution in [0.3, 0.4) is 0 Å². The van der Waals surface area contributed by atoms with Crippen LogP contribution in [-0.4, -0.2) is 35.8 Å². The molecular weight excluding hydrogens is 202 g/mol. The lowest BCUT2D eigenvalue weighted by molar-refractivity contribution is 0.508. The van der Waals surface area contributed by atoms with Crippen LogP contribution in [0.2, 0.25) is 0 Å². The number of hydrogen-bond donors (Lipinski definition) is 0. The fraction of sp³-hybridized carbons (Fsp3) is 0.625. The van der Waals surface area contributed by atoms with Gasteiger partial charge in [0, 0.05) is 32.9 Å². The zero-order chi connectivity index (χ0) is 10.8. The molecule has 1 rings (SSSR count). The van der Waals surface area contributed by atoms with Crippen molar-refractivity contribution in [3.63, 3.8) is 0 Å². The van der Waals surface area contributed by atoms with E-state index in [9.17, 15) is 8.42 Å². The third-order valence-electron chi connectivity index (χ3n) is 1.86. The number of hydrogen-bond acceptors (Lipinski definition) is 3. The van der Waals surface area contributed by atoms with Crippen LogP contribution in [-0.2, 0) is 16.6 Å². The molecule has 0 saturated carbocycles. The van der Waals surface area contributed by atoms with Gasteiger partial charge in [-0.3, -0.25) is 0 Å². The molecule has 0 spiro atoms. The van der Waals surface area contributed by atoms with E-state index in [0.717, 1.165) is 6.42 Å². The van der Waals surface area contributed by atoms with E-state index >= 15 is 0 Å². The average Bonchev–Trinajstić information content (AvgIpc) is 2.53. The normalized spacial score (nSPS) is 12.3. The second kappa shape index (κ2) is 4.10. The highest BCUT2D eigenvalue weighted by molar-refractivity contribution is 7.87. The molecule has 0 aliphatic carbocycles. The molecule has 0 bridgehead atoms. The molecular formula is C8H15N3O2S. The molecule has 1 aromatic rings. The minimum absolute atomic E-state index is 0.584. The Morgan fingerprint density at radius 3 is 2.64 bits per heavy atom. The molecule has 14 heavy (non-hydrogen) atoms. The van der Waals surface area contributed by atoms with Gasteiger partial charge in [0.1, 0.15) is 5.82 Å². The van der Waals surface area contributed by atoms with Crippen LogP contribution < -0.4 is 0 Å². The van der Waals surface area contributed by atoms with Crippen molar-refractivity contribution in [2.24, 2.45) is 0 Å². The Labute approximate surface area is 84.6 Å². The zero-order valence-electron chi connectivity index (χ0n) is 8.64. The Morgan fingerprint density at radius 1 is 1.50 bits per heavy atom. The Kier molecular flexibility index (Phi) is 3.28. The van der Waals surface area contributed by atoms with Gasteiger partial charge in [-0.25, -0.2) is 8.96 Å². The molecule has 0 unspecified atom stereocenters. The van der Waals surface area contributed by atoms with Crippen LogP contribution in [0.5, 0.6) is 0 Å². The van der Waals surface area contributed by atoms with Gasteiger partial charge in [-0.05, 0) is 6.42 Å². The number of aryl methyl sites for hydroxylation is 1. The molecule has 0 saturated heterocycles. The van der Waals surface area contributed by atoms with E-state index < -0.39 is 10.2 Å². The molecule has 80 valence electrons. The highest BCUT2D eigenvalue weighted by Crippen LogP contribution is 2.07. The largest absolute Gasteiger partial charge is 0.308 e. The van der Waals surface area contributed by atoms with E-state index in [1.54, 1.807) is 0 Å². The molecule has 0 aromatic carbocycles. The molecule has 5 nitrogen and oxygen atoms in total. The van der Waals surface area contributed by atoms with Gasteiger partial charge in [0.25, 0.3) is 0 Å². The van der Waals surface area contributed by atoms with Crippen LogP contribution in [0.4, 0.5) is 0 Å². The van der Waals surface area contributed by atoms with Gasteiger partial charge in [0.15, 0.2) is 0 Å². The Hall–Kier alpha value is -0.880. The first-order valence-corrected chi connectivity index (χ1v) is 5.85. The first-order chi connectivity index (χ1) is 6.50. The van der Waals surface area contributed by atoms with Crippen molar-refractivity contribution >= 4 is 10.2 Å². The van der Waals surface area contributed by atoms with Gasteiger partial charge in [0.05, 0.1) is 0 Å². The SMILES string of the molecule is CCCc1nccn1S(=O)(=O)N(C)C. The van der Waals surface area contributed by atoms with Crippen molar-refractivity contribution in [1.82, 2.24) is 13.3 Å². The predicted molar refractivity (Wildman–Crippen MR) is 54.2 cm³/mol. The minimum Gasteiger partial charge on any atom is -0.241 e. The summed E-state index contributed by atoms with van der Waals surface area (Å²) in [5.74, 6) is 0.584. The van der Waals surface area contributed by atoms with Crippen LogP contribution in [0.25, 0.3) is 0 Å². The Balaban J connectivity index is 3.13. The molecule has 1 aromatic heterocycles. The second-order valence-corrected chi connectivity index (χ2v) is 5.20. The van der Waals surface area contributed by atoms with E-state index in [2.05, 4.69) is 4.98 Å². The minimum atomic E-state index is -3.40. The first-order valence-electron chi connectivity index (χ1n) is 4.45. The van der Waals surface area contributed by atoms with Gasteiger partial charge in [-0.1, -0.05) is 6.92 Å². The summed E-state index contributed by atoms with van der Waals surface area (Å²) in [5, 5.41) is 0. The maximum Gasteiger partial charge on any atom is 0.308 e. The molecule has 0 aliphatic heterocycles.